The van der Waals surface area contributed by atoms with Crippen molar-refractivity contribution in [1.82, 2.24) is 10.2 Å². The highest BCUT2D eigenvalue weighted by molar-refractivity contribution is 5.94. The van der Waals surface area contributed by atoms with Gasteiger partial charge in [0.25, 0.3) is 5.91 Å². The van der Waals surface area contributed by atoms with Crippen LogP contribution >= 0.6 is 0 Å². The van der Waals surface area contributed by atoms with Crippen molar-refractivity contribution in [3.63, 3.8) is 0 Å². The van der Waals surface area contributed by atoms with Crippen molar-refractivity contribution >= 4 is 5.91 Å². The third-order valence-corrected chi connectivity index (χ3v) is 3.92. The number of carbonyl (C=O) groups excluding carboxylic acids is 1. The quantitative estimate of drug-likeness (QED) is 0.837. The predicted molar refractivity (Wildman–Crippen MR) is 83.0 cm³/mol. The normalized spacial score (nSPS) is 16.6. The summed E-state index contributed by atoms with van der Waals surface area (Å²) in [5.74, 6) is 0.0459. The largest absolute Gasteiger partial charge is 0.352 e. The fourth-order valence-electron chi connectivity index (χ4n) is 2.75. The Bertz CT molecular complexity index is 423. The van der Waals surface area contributed by atoms with E-state index >= 15 is 0 Å². The van der Waals surface area contributed by atoms with Gasteiger partial charge in [-0.2, -0.15) is 0 Å². The Hall–Kier alpha value is -1.35. The fourth-order valence-corrected chi connectivity index (χ4v) is 2.75. The molecule has 0 saturated carbocycles. The van der Waals surface area contributed by atoms with Crippen LogP contribution in [0.2, 0.25) is 0 Å². The molecule has 0 atom stereocenters. The van der Waals surface area contributed by atoms with E-state index in [1.165, 1.54) is 38.8 Å². The SMILES string of the molecule is Cc1cccc(C(=O)NCCCN2CCCCCC2)c1. The number of nitrogens with one attached hydrogen (secondary N) is 1. The van der Waals surface area contributed by atoms with Gasteiger partial charge in [-0.15, -0.1) is 0 Å². The van der Waals surface area contributed by atoms with Crippen molar-refractivity contribution in [2.45, 2.75) is 39.0 Å². The highest BCUT2D eigenvalue weighted by Crippen LogP contribution is 2.09. The van der Waals surface area contributed by atoms with Gasteiger partial charge in [0.15, 0.2) is 0 Å². The minimum Gasteiger partial charge on any atom is -0.352 e. The van der Waals surface area contributed by atoms with E-state index < -0.39 is 0 Å². The van der Waals surface area contributed by atoms with E-state index in [0.717, 1.165) is 30.6 Å². The number of likely N-dealkylation sites (tertiary alicyclic amines) is 1. The second-order valence-corrected chi connectivity index (χ2v) is 5.73. The van der Waals surface area contributed by atoms with Crippen LogP contribution in [0.25, 0.3) is 0 Å². The molecule has 1 N–H and O–H groups in total. The standard InChI is InChI=1S/C17H26N2O/c1-15-8-6-9-16(14-15)17(20)18-10-7-13-19-11-4-2-3-5-12-19/h6,8-9,14H,2-5,7,10-13H2,1H3,(H,18,20). The van der Waals surface area contributed by atoms with Crippen molar-refractivity contribution in [2.24, 2.45) is 0 Å². The number of rotatable bonds is 5. The number of hydrogen-bond acceptors (Lipinski definition) is 2. The average Bonchev–Trinajstić information content (AvgIpc) is 2.72. The van der Waals surface area contributed by atoms with E-state index in [2.05, 4.69) is 10.2 Å². The molecule has 0 radical (unpaired) electrons. The van der Waals surface area contributed by atoms with Crippen LogP contribution in [-0.4, -0.2) is 37.0 Å². The van der Waals surface area contributed by atoms with Crippen molar-refractivity contribution in [1.29, 1.82) is 0 Å². The lowest BCUT2D eigenvalue weighted by Crippen LogP contribution is -2.30. The summed E-state index contributed by atoms with van der Waals surface area (Å²) in [6, 6.07) is 7.75. The van der Waals surface area contributed by atoms with Crippen LogP contribution in [-0.2, 0) is 0 Å². The zero-order valence-corrected chi connectivity index (χ0v) is 12.5. The molecule has 1 aromatic carbocycles. The Labute approximate surface area is 122 Å². The van der Waals surface area contributed by atoms with Crippen LogP contribution in [0.4, 0.5) is 0 Å². The summed E-state index contributed by atoms with van der Waals surface area (Å²) in [5.41, 5.74) is 1.89. The second-order valence-electron chi connectivity index (χ2n) is 5.73. The molecule has 3 nitrogen and oxygen atoms in total. The number of amides is 1. The van der Waals surface area contributed by atoms with E-state index in [1.54, 1.807) is 0 Å². The number of hydrogen-bond donors (Lipinski definition) is 1. The summed E-state index contributed by atoms with van der Waals surface area (Å²) in [5, 5.41) is 3.02. The molecule has 1 aromatic rings. The molecule has 1 saturated heterocycles. The van der Waals surface area contributed by atoms with E-state index in [0.29, 0.717) is 0 Å². The molecule has 0 unspecified atom stereocenters. The van der Waals surface area contributed by atoms with Crippen molar-refractivity contribution in [2.75, 3.05) is 26.2 Å². The number of aryl methyl sites for hydroxylation is 1. The molecule has 3 heteroatoms. The van der Waals surface area contributed by atoms with Crippen LogP contribution in [0.1, 0.15) is 48.0 Å². The van der Waals surface area contributed by atoms with Crippen LogP contribution in [0.5, 0.6) is 0 Å². The summed E-state index contributed by atoms with van der Waals surface area (Å²) in [7, 11) is 0. The molecular weight excluding hydrogens is 248 g/mol. The summed E-state index contributed by atoms with van der Waals surface area (Å²) in [6.07, 6.45) is 6.45. The first-order chi connectivity index (χ1) is 9.75. The Morgan fingerprint density at radius 3 is 2.65 bits per heavy atom. The molecule has 1 aliphatic heterocycles. The monoisotopic (exact) mass is 274 g/mol. The van der Waals surface area contributed by atoms with Gasteiger partial charge in [-0.05, 0) is 58.0 Å². The van der Waals surface area contributed by atoms with Gasteiger partial charge in [-0.3, -0.25) is 4.79 Å². The smallest absolute Gasteiger partial charge is 0.251 e. The Balaban J connectivity index is 1.66. The molecule has 1 amide bonds. The topological polar surface area (TPSA) is 32.3 Å². The maximum Gasteiger partial charge on any atom is 0.251 e. The molecule has 2 rings (SSSR count). The van der Waals surface area contributed by atoms with Gasteiger partial charge in [0.2, 0.25) is 0 Å². The Kier molecular flexibility index (Phi) is 6.06. The van der Waals surface area contributed by atoms with Crippen molar-refractivity contribution in [3.05, 3.63) is 35.4 Å². The molecule has 1 heterocycles. The second kappa shape index (κ2) is 8.05. The fraction of sp³-hybridized carbons (Fsp3) is 0.588. The number of benzene rings is 1. The van der Waals surface area contributed by atoms with Crippen LogP contribution in [0.3, 0.4) is 0 Å². The van der Waals surface area contributed by atoms with E-state index in [4.69, 9.17) is 0 Å². The van der Waals surface area contributed by atoms with Crippen LogP contribution in [0, 0.1) is 6.92 Å². The summed E-state index contributed by atoms with van der Waals surface area (Å²) >= 11 is 0. The van der Waals surface area contributed by atoms with Crippen LogP contribution < -0.4 is 5.32 Å². The van der Waals surface area contributed by atoms with Gasteiger partial charge in [0, 0.05) is 12.1 Å². The Morgan fingerprint density at radius 2 is 1.95 bits per heavy atom. The summed E-state index contributed by atoms with van der Waals surface area (Å²) in [6.45, 7) is 6.34. The van der Waals surface area contributed by atoms with E-state index in [9.17, 15) is 4.79 Å². The minimum atomic E-state index is 0.0459. The minimum absolute atomic E-state index is 0.0459. The Morgan fingerprint density at radius 1 is 1.20 bits per heavy atom. The molecular formula is C17H26N2O. The lowest BCUT2D eigenvalue weighted by atomic mass is 10.1. The lowest BCUT2D eigenvalue weighted by Gasteiger charge is -2.19. The lowest BCUT2D eigenvalue weighted by molar-refractivity contribution is 0.0951. The zero-order chi connectivity index (χ0) is 14.2. The van der Waals surface area contributed by atoms with Gasteiger partial charge < -0.3 is 10.2 Å². The highest BCUT2D eigenvalue weighted by atomic mass is 16.1. The third-order valence-electron chi connectivity index (χ3n) is 3.92. The molecule has 1 aliphatic rings. The first-order valence-corrected chi connectivity index (χ1v) is 7.83. The maximum absolute atomic E-state index is 12.0. The number of carbonyl (C=O) groups is 1. The van der Waals surface area contributed by atoms with Crippen molar-refractivity contribution < 1.29 is 4.79 Å². The van der Waals surface area contributed by atoms with Gasteiger partial charge in [-0.25, -0.2) is 0 Å². The average molecular weight is 274 g/mol. The van der Waals surface area contributed by atoms with Gasteiger partial charge in [0.05, 0.1) is 0 Å². The number of nitrogens with zero attached hydrogens (tertiary/aromatic N) is 1. The van der Waals surface area contributed by atoms with Gasteiger partial charge >= 0.3 is 0 Å². The first kappa shape index (κ1) is 15.0. The molecule has 20 heavy (non-hydrogen) atoms. The first-order valence-electron chi connectivity index (χ1n) is 7.83. The van der Waals surface area contributed by atoms with E-state index in [-0.39, 0.29) is 5.91 Å². The molecule has 0 bridgehead atoms. The molecule has 110 valence electrons. The predicted octanol–water partition coefficient (Wildman–Crippen LogP) is 2.99. The molecule has 1 fully saturated rings. The van der Waals surface area contributed by atoms with Gasteiger partial charge in [0.1, 0.15) is 0 Å². The maximum atomic E-state index is 12.0. The van der Waals surface area contributed by atoms with Crippen LogP contribution in [0.15, 0.2) is 24.3 Å². The summed E-state index contributed by atoms with van der Waals surface area (Å²) < 4.78 is 0. The molecule has 0 spiro atoms. The van der Waals surface area contributed by atoms with E-state index in [1.807, 2.05) is 31.2 Å². The molecule has 0 aromatic heterocycles. The summed E-state index contributed by atoms with van der Waals surface area (Å²) in [4.78, 5) is 14.5. The molecule has 0 aliphatic carbocycles. The highest BCUT2D eigenvalue weighted by Gasteiger charge is 2.09. The van der Waals surface area contributed by atoms with Gasteiger partial charge in [-0.1, -0.05) is 30.5 Å². The van der Waals surface area contributed by atoms with Crippen molar-refractivity contribution in [3.8, 4) is 0 Å². The third kappa shape index (κ3) is 4.97. The zero-order valence-electron chi connectivity index (χ0n) is 12.5.